The normalized spacial score (nSPS) is 16.0. The van der Waals surface area contributed by atoms with Crippen LogP contribution < -0.4 is 0 Å². The molecule has 11 heavy (non-hydrogen) atoms. The third kappa shape index (κ3) is 4.65. The van der Waals surface area contributed by atoms with Crippen molar-refractivity contribution in [2.45, 2.75) is 38.5 Å². The molecule has 0 heterocycles. The number of hydrogen-bond donors (Lipinski definition) is 0. The molecule has 0 fully saturated rings. The lowest BCUT2D eigenvalue weighted by Crippen LogP contribution is -2.17. The van der Waals surface area contributed by atoms with Crippen LogP contribution in [0.15, 0.2) is 0 Å². The van der Waals surface area contributed by atoms with E-state index in [4.69, 9.17) is 23.2 Å². The Kier molecular flexibility index (Phi) is 5.98. The van der Waals surface area contributed by atoms with Gasteiger partial charge in [-0.05, 0) is 18.0 Å². The molecule has 0 saturated carbocycles. The minimum atomic E-state index is -0.332. The topological polar surface area (TPSA) is 17.1 Å². The summed E-state index contributed by atoms with van der Waals surface area (Å²) in [6, 6.07) is 0. The maximum Gasteiger partial charge on any atom is 0.225 e. The lowest BCUT2D eigenvalue weighted by atomic mass is 10.0. The Morgan fingerprint density at radius 2 is 2.09 bits per heavy atom. The molecule has 0 aliphatic heterocycles. The summed E-state index contributed by atoms with van der Waals surface area (Å²) in [6.45, 7) is 3.86. The smallest absolute Gasteiger partial charge is 0.225 e. The molecule has 66 valence electrons. The van der Waals surface area contributed by atoms with Gasteiger partial charge in [-0.15, -0.1) is 11.6 Å². The second-order valence-corrected chi connectivity index (χ2v) is 3.68. The summed E-state index contributed by atoms with van der Waals surface area (Å²) in [6.07, 6.45) is 3.03. The summed E-state index contributed by atoms with van der Waals surface area (Å²) in [5.41, 5.74) is 0. The predicted molar refractivity (Wildman–Crippen MR) is 49.2 cm³/mol. The second-order valence-electron chi connectivity index (χ2n) is 2.75. The van der Waals surface area contributed by atoms with E-state index in [1.54, 1.807) is 6.92 Å². The maximum atomic E-state index is 10.6. The highest BCUT2D eigenvalue weighted by Crippen LogP contribution is 2.18. The number of carbonyl (C=O) groups excluding carboxylic acids is 1. The molecule has 0 aromatic heterocycles. The number of carbonyl (C=O) groups is 1. The van der Waals surface area contributed by atoms with E-state index >= 15 is 0 Å². The third-order valence-electron chi connectivity index (χ3n) is 1.73. The molecule has 0 amide bonds. The standard InChI is InChI=1S/C8H14Cl2O/c1-3-4-5-7(9)6(2)8(10)11/h6-7H,3-5H2,1-2H3/t6-,7?/m1/s1. The third-order valence-corrected chi connectivity index (χ3v) is 2.67. The zero-order valence-electron chi connectivity index (χ0n) is 6.94. The molecule has 0 aromatic carbocycles. The van der Waals surface area contributed by atoms with Crippen LogP contribution in [0.4, 0.5) is 0 Å². The summed E-state index contributed by atoms with van der Waals surface area (Å²) >= 11 is 11.2. The van der Waals surface area contributed by atoms with E-state index in [9.17, 15) is 4.79 Å². The Hall–Kier alpha value is 0.250. The predicted octanol–water partition coefficient (Wildman–Crippen LogP) is 3.19. The van der Waals surface area contributed by atoms with Gasteiger partial charge < -0.3 is 0 Å². The van der Waals surface area contributed by atoms with Crippen molar-refractivity contribution in [1.82, 2.24) is 0 Å². The molecule has 1 unspecified atom stereocenters. The zero-order chi connectivity index (χ0) is 8.85. The van der Waals surface area contributed by atoms with Crippen LogP contribution in [0.25, 0.3) is 0 Å². The molecular weight excluding hydrogens is 183 g/mol. The Labute approximate surface area is 78.1 Å². The van der Waals surface area contributed by atoms with Gasteiger partial charge in [0.15, 0.2) is 0 Å². The minimum absolute atomic E-state index is 0.0973. The fraction of sp³-hybridized carbons (Fsp3) is 0.875. The molecule has 0 spiro atoms. The van der Waals surface area contributed by atoms with Crippen molar-refractivity contribution in [2.75, 3.05) is 0 Å². The average Bonchev–Trinajstić information content (AvgIpc) is 1.98. The van der Waals surface area contributed by atoms with Gasteiger partial charge in [-0.25, -0.2) is 0 Å². The molecule has 3 heteroatoms. The zero-order valence-corrected chi connectivity index (χ0v) is 8.45. The van der Waals surface area contributed by atoms with E-state index in [0.29, 0.717) is 0 Å². The monoisotopic (exact) mass is 196 g/mol. The first-order valence-electron chi connectivity index (χ1n) is 3.93. The van der Waals surface area contributed by atoms with E-state index < -0.39 is 0 Å². The van der Waals surface area contributed by atoms with Gasteiger partial charge in [0.05, 0.1) is 0 Å². The van der Waals surface area contributed by atoms with E-state index in [2.05, 4.69) is 6.92 Å². The van der Waals surface area contributed by atoms with Crippen LogP contribution in [0.1, 0.15) is 33.1 Å². The van der Waals surface area contributed by atoms with E-state index in [0.717, 1.165) is 19.3 Å². The van der Waals surface area contributed by atoms with Gasteiger partial charge in [-0.1, -0.05) is 26.7 Å². The largest absolute Gasteiger partial charge is 0.281 e. The Balaban J connectivity index is 3.63. The first-order chi connectivity index (χ1) is 5.09. The van der Waals surface area contributed by atoms with Crippen molar-refractivity contribution in [1.29, 1.82) is 0 Å². The summed E-state index contributed by atoms with van der Waals surface area (Å²) in [7, 11) is 0. The first kappa shape index (κ1) is 11.2. The summed E-state index contributed by atoms with van der Waals surface area (Å²) in [5.74, 6) is -0.218. The van der Waals surface area contributed by atoms with Crippen molar-refractivity contribution in [3.8, 4) is 0 Å². The van der Waals surface area contributed by atoms with Crippen molar-refractivity contribution in [2.24, 2.45) is 5.92 Å². The number of alkyl halides is 1. The van der Waals surface area contributed by atoms with Crippen LogP contribution in [0.2, 0.25) is 0 Å². The van der Waals surface area contributed by atoms with Gasteiger partial charge >= 0.3 is 0 Å². The number of rotatable bonds is 5. The lowest BCUT2D eigenvalue weighted by Gasteiger charge is -2.12. The Morgan fingerprint density at radius 1 is 1.55 bits per heavy atom. The van der Waals surface area contributed by atoms with Crippen molar-refractivity contribution >= 4 is 28.4 Å². The highest BCUT2D eigenvalue weighted by molar-refractivity contribution is 6.64. The minimum Gasteiger partial charge on any atom is -0.281 e. The van der Waals surface area contributed by atoms with E-state index in [1.165, 1.54) is 0 Å². The lowest BCUT2D eigenvalue weighted by molar-refractivity contribution is -0.114. The van der Waals surface area contributed by atoms with Crippen LogP contribution in [0, 0.1) is 5.92 Å². The van der Waals surface area contributed by atoms with Crippen molar-refractivity contribution in [3.05, 3.63) is 0 Å². The van der Waals surface area contributed by atoms with Crippen LogP contribution in [0.3, 0.4) is 0 Å². The highest BCUT2D eigenvalue weighted by atomic mass is 35.5. The molecule has 0 aliphatic rings. The highest BCUT2D eigenvalue weighted by Gasteiger charge is 2.19. The Morgan fingerprint density at radius 3 is 2.45 bits per heavy atom. The quantitative estimate of drug-likeness (QED) is 0.488. The van der Waals surface area contributed by atoms with Crippen LogP contribution >= 0.6 is 23.2 Å². The molecule has 1 nitrogen and oxygen atoms in total. The van der Waals surface area contributed by atoms with Crippen molar-refractivity contribution < 1.29 is 4.79 Å². The molecule has 2 atom stereocenters. The fourth-order valence-corrected chi connectivity index (χ4v) is 1.28. The van der Waals surface area contributed by atoms with Gasteiger partial charge in [0, 0.05) is 11.3 Å². The maximum absolute atomic E-state index is 10.6. The fourth-order valence-electron chi connectivity index (χ4n) is 0.791. The van der Waals surface area contributed by atoms with E-state index in [-0.39, 0.29) is 16.5 Å². The molecule has 0 N–H and O–H groups in total. The van der Waals surface area contributed by atoms with Gasteiger partial charge in [0.2, 0.25) is 5.24 Å². The van der Waals surface area contributed by atoms with Crippen molar-refractivity contribution in [3.63, 3.8) is 0 Å². The Bertz CT molecular complexity index is 125. The van der Waals surface area contributed by atoms with Gasteiger partial charge in [0.25, 0.3) is 0 Å². The molecule has 0 saturated heterocycles. The molecule has 0 radical (unpaired) electrons. The molecule has 0 bridgehead atoms. The molecule has 0 rings (SSSR count). The van der Waals surface area contributed by atoms with Crippen LogP contribution in [-0.2, 0) is 4.79 Å². The van der Waals surface area contributed by atoms with Crippen LogP contribution in [0.5, 0.6) is 0 Å². The number of halogens is 2. The molecular formula is C8H14Cl2O. The van der Waals surface area contributed by atoms with Crippen LogP contribution in [-0.4, -0.2) is 10.6 Å². The summed E-state index contributed by atoms with van der Waals surface area (Å²) in [5, 5.41) is -0.430. The molecule has 0 aliphatic carbocycles. The van der Waals surface area contributed by atoms with Gasteiger partial charge in [0.1, 0.15) is 0 Å². The van der Waals surface area contributed by atoms with Gasteiger partial charge in [-0.2, -0.15) is 0 Å². The number of unbranched alkanes of at least 4 members (excludes halogenated alkanes) is 1. The first-order valence-corrected chi connectivity index (χ1v) is 4.74. The summed E-state index contributed by atoms with van der Waals surface area (Å²) < 4.78 is 0. The average molecular weight is 197 g/mol. The molecule has 0 aromatic rings. The van der Waals surface area contributed by atoms with E-state index in [1.807, 2.05) is 0 Å². The summed E-state index contributed by atoms with van der Waals surface area (Å²) in [4.78, 5) is 10.6. The second kappa shape index (κ2) is 5.84. The number of hydrogen-bond acceptors (Lipinski definition) is 1. The SMILES string of the molecule is CCCCC(Cl)[C@@H](C)C(=O)Cl. The van der Waals surface area contributed by atoms with Gasteiger partial charge in [-0.3, -0.25) is 4.79 Å².